The minimum atomic E-state index is -0.0130. The molecule has 0 N–H and O–H groups in total. The third-order valence-corrected chi connectivity index (χ3v) is 1.92. The van der Waals surface area contributed by atoms with Gasteiger partial charge in [0.05, 0.1) is 0 Å². The maximum atomic E-state index is 11.1. The molecule has 0 heterocycles. The van der Waals surface area contributed by atoms with Crippen molar-refractivity contribution in [3.05, 3.63) is 35.9 Å². The van der Waals surface area contributed by atoms with E-state index >= 15 is 0 Å². The van der Waals surface area contributed by atoms with Gasteiger partial charge in [0, 0.05) is 13.5 Å². The van der Waals surface area contributed by atoms with Gasteiger partial charge in [-0.25, -0.2) is 5.06 Å². The van der Waals surface area contributed by atoms with Crippen LogP contribution in [0.1, 0.15) is 18.9 Å². The maximum Gasteiger partial charge on any atom is 0.245 e. The van der Waals surface area contributed by atoms with Crippen LogP contribution in [-0.4, -0.2) is 18.0 Å². The Morgan fingerprint density at radius 2 is 2.00 bits per heavy atom. The Labute approximate surface area is 84.2 Å². The van der Waals surface area contributed by atoms with Crippen LogP contribution in [0.5, 0.6) is 0 Å². The van der Waals surface area contributed by atoms with Gasteiger partial charge >= 0.3 is 0 Å². The predicted octanol–water partition coefficient (Wildman–Crippen LogP) is 1.99. The quantitative estimate of drug-likeness (QED) is 0.684. The van der Waals surface area contributed by atoms with Crippen molar-refractivity contribution in [1.82, 2.24) is 5.06 Å². The summed E-state index contributed by atoms with van der Waals surface area (Å²) in [6.07, 6.45) is 0.464. The second-order valence-corrected chi connectivity index (χ2v) is 3.00. The first-order valence-corrected chi connectivity index (χ1v) is 4.67. The number of hydrogen-bond donors (Lipinski definition) is 0. The van der Waals surface area contributed by atoms with E-state index in [1.807, 2.05) is 37.3 Å². The number of carbonyl (C=O) groups is 1. The zero-order valence-electron chi connectivity index (χ0n) is 8.56. The largest absolute Gasteiger partial charge is 0.273 e. The molecule has 0 atom stereocenters. The highest BCUT2D eigenvalue weighted by atomic mass is 16.7. The number of rotatable bonds is 4. The van der Waals surface area contributed by atoms with Gasteiger partial charge in [0.15, 0.2) is 0 Å². The Balaban J connectivity index is 2.38. The summed E-state index contributed by atoms with van der Waals surface area (Å²) in [5.74, 6) is -0.0130. The standard InChI is InChI=1S/C11H15NO2/c1-3-11(13)12(2)14-9-10-7-5-4-6-8-10/h4-8H,3,9H2,1-2H3. The van der Waals surface area contributed by atoms with Crippen LogP contribution in [0.4, 0.5) is 0 Å². The van der Waals surface area contributed by atoms with Crippen LogP contribution in [0.15, 0.2) is 30.3 Å². The number of hydrogen-bond acceptors (Lipinski definition) is 2. The second kappa shape index (κ2) is 5.40. The van der Waals surface area contributed by atoms with Gasteiger partial charge in [-0.05, 0) is 5.56 Å². The molecule has 0 fully saturated rings. The fourth-order valence-corrected chi connectivity index (χ4v) is 1.04. The highest BCUT2D eigenvalue weighted by Gasteiger charge is 2.05. The summed E-state index contributed by atoms with van der Waals surface area (Å²) in [4.78, 5) is 16.4. The van der Waals surface area contributed by atoms with Gasteiger partial charge in [-0.3, -0.25) is 9.63 Å². The van der Waals surface area contributed by atoms with E-state index in [9.17, 15) is 4.79 Å². The molecular formula is C11H15NO2. The molecule has 1 rings (SSSR count). The van der Waals surface area contributed by atoms with Crippen LogP contribution in [-0.2, 0) is 16.2 Å². The minimum Gasteiger partial charge on any atom is -0.273 e. The summed E-state index contributed by atoms with van der Waals surface area (Å²) in [6, 6.07) is 9.76. The lowest BCUT2D eigenvalue weighted by atomic mass is 10.2. The third kappa shape index (κ3) is 3.18. The average molecular weight is 193 g/mol. The van der Waals surface area contributed by atoms with Crippen LogP contribution < -0.4 is 0 Å². The molecule has 1 aromatic rings. The van der Waals surface area contributed by atoms with Crippen molar-refractivity contribution in [2.24, 2.45) is 0 Å². The van der Waals surface area contributed by atoms with E-state index in [-0.39, 0.29) is 5.91 Å². The average Bonchev–Trinajstić information content (AvgIpc) is 2.26. The molecule has 3 nitrogen and oxygen atoms in total. The Hall–Kier alpha value is -1.35. The summed E-state index contributed by atoms with van der Waals surface area (Å²) in [6.45, 7) is 2.24. The molecule has 76 valence electrons. The van der Waals surface area contributed by atoms with Crippen molar-refractivity contribution in [2.75, 3.05) is 7.05 Å². The van der Waals surface area contributed by atoms with E-state index in [0.717, 1.165) is 5.56 Å². The lowest BCUT2D eigenvalue weighted by molar-refractivity contribution is -0.182. The van der Waals surface area contributed by atoms with Crippen molar-refractivity contribution in [2.45, 2.75) is 20.0 Å². The van der Waals surface area contributed by atoms with E-state index in [1.165, 1.54) is 5.06 Å². The Bertz CT molecular complexity index is 285. The molecular weight excluding hydrogens is 178 g/mol. The lowest BCUT2D eigenvalue weighted by Gasteiger charge is -2.15. The van der Waals surface area contributed by atoms with Crippen LogP contribution in [0.25, 0.3) is 0 Å². The van der Waals surface area contributed by atoms with Crippen LogP contribution in [0.2, 0.25) is 0 Å². The minimum absolute atomic E-state index is 0.0130. The molecule has 0 aliphatic heterocycles. The Kier molecular flexibility index (Phi) is 4.13. The highest BCUT2D eigenvalue weighted by molar-refractivity contribution is 5.74. The number of benzene rings is 1. The molecule has 1 amide bonds. The Morgan fingerprint density at radius 3 is 2.57 bits per heavy atom. The molecule has 0 bridgehead atoms. The zero-order chi connectivity index (χ0) is 10.4. The van der Waals surface area contributed by atoms with Gasteiger partial charge < -0.3 is 0 Å². The van der Waals surface area contributed by atoms with Gasteiger partial charge in [0.2, 0.25) is 5.91 Å². The molecule has 0 saturated carbocycles. The first-order valence-electron chi connectivity index (χ1n) is 4.67. The topological polar surface area (TPSA) is 29.5 Å². The van der Waals surface area contributed by atoms with Crippen LogP contribution in [0, 0.1) is 0 Å². The SMILES string of the molecule is CCC(=O)N(C)OCc1ccccc1. The molecule has 1 aromatic carbocycles. The van der Waals surface area contributed by atoms with Crippen molar-refractivity contribution < 1.29 is 9.63 Å². The summed E-state index contributed by atoms with van der Waals surface area (Å²) < 4.78 is 0. The molecule has 3 heteroatoms. The summed E-state index contributed by atoms with van der Waals surface area (Å²) >= 11 is 0. The third-order valence-electron chi connectivity index (χ3n) is 1.92. The first-order chi connectivity index (χ1) is 6.74. The van der Waals surface area contributed by atoms with Gasteiger partial charge in [-0.15, -0.1) is 0 Å². The van der Waals surface area contributed by atoms with Crippen LogP contribution in [0.3, 0.4) is 0 Å². The smallest absolute Gasteiger partial charge is 0.245 e. The number of nitrogens with zero attached hydrogens (tertiary/aromatic N) is 1. The summed E-state index contributed by atoms with van der Waals surface area (Å²) in [5, 5.41) is 1.28. The fraction of sp³-hybridized carbons (Fsp3) is 0.364. The van der Waals surface area contributed by atoms with Crippen molar-refractivity contribution in [3.8, 4) is 0 Å². The van der Waals surface area contributed by atoms with Gasteiger partial charge in [-0.2, -0.15) is 0 Å². The van der Waals surface area contributed by atoms with E-state index in [0.29, 0.717) is 13.0 Å². The molecule has 0 spiro atoms. The molecule has 0 saturated heterocycles. The molecule has 0 aliphatic rings. The molecule has 0 aromatic heterocycles. The van der Waals surface area contributed by atoms with Gasteiger partial charge in [0.1, 0.15) is 6.61 Å². The van der Waals surface area contributed by atoms with E-state index in [2.05, 4.69) is 0 Å². The van der Waals surface area contributed by atoms with Crippen molar-refractivity contribution in [1.29, 1.82) is 0 Å². The maximum absolute atomic E-state index is 11.1. The van der Waals surface area contributed by atoms with E-state index in [1.54, 1.807) is 7.05 Å². The normalized spacial score (nSPS) is 9.86. The monoisotopic (exact) mass is 193 g/mol. The first kappa shape index (κ1) is 10.7. The predicted molar refractivity (Wildman–Crippen MR) is 54.3 cm³/mol. The summed E-state index contributed by atoms with van der Waals surface area (Å²) in [5.41, 5.74) is 1.06. The summed E-state index contributed by atoms with van der Waals surface area (Å²) in [7, 11) is 1.63. The molecule has 0 radical (unpaired) electrons. The zero-order valence-corrected chi connectivity index (χ0v) is 8.56. The number of carbonyl (C=O) groups excluding carboxylic acids is 1. The van der Waals surface area contributed by atoms with Crippen molar-refractivity contribution in [3.63, 3.8) is 0 Å². The van der Waals surface area contributed by atoms with Crippen molar-refractivity contribution >= 4 is 5.91 Å². The molecule has 0 unspecified atom stereocenters. The van der Waals surface area contributed by atoms with Gasteiger partial charge in [0.25, 0.3) is 0 Å². The number of amides is 1. The fourth-order valence-electron chi connectivity index (χ4n) is 1.04. The second-order valence-electron chi connectivity index (χ2n) is 3.00. The molecule has 14 heavy (non-hydrogen) atoms. The lowest BCUT2D eigenvalue weighted by Crippen LogP contribution is -2.25. The van der Waals surface area contributed by atoms with Crippen LogP contribution >= 0.6 is 0 Å². The number of hydroxylamine groups is 2. The van der Waals surface area contributed by atoms with E-state index in [4.69, 9.17) is 4.84 Å². The highest BCUT2D eigenvalue weighted by Crippen LogP contribution is 2.02. The van der Waals surface area contributed by atoms with E-state index < -0.39 is 0 Å². The molecule has 0 aliphatic carbocycles. The van der Waals surface area contributed by atoms with Gasteiger partial charge in [-0.1, -0.05) is 37.3 Å². The Morgan fingerprint density at radius 1 is 1.36 bits per heavy atom.